The van der Waals surface area contributed by atoms with Crippen LogP contribution in [-0.4, -0.2) is 24.1 Å². The summed E-state index contributed by atoms with van der Waals surface area (Å²) < 4.78 is 31.7. The number of carbonyl (C=O) groups excluding carboxylic acids is 1. The maximum absolute atomic E-state index is 12.6. The van der Waals surface area contributed by atoms with Crippen LogP contribution in [0.3, 0.4) is 0 Å². The molecule has 0 aliphatic rings. The Kier molecular flexibility index (Phi) is 6.33. The van der Waals surface area contributed by atoms with E-state index < -0.39 is 16.2 Å². The molecule has 0 saturated carbocycles. The number of rotatable bonds is 7. The van der Waals surface area contributed by atoms with E-state index in [1.807, 2.05) is 43.5 Å². The van der Waals surface area contributed by atoms with Gasteiger partial charge in [-0.1, -0.05) is 38.1 Å². The second-order valence-electron chi connectivity index (χ2n) is 7.55. The van der Waals surface area contributed by atoms with Crippen LogP contribution < -0.4 is 5.73 Å². The monoisotopic (exact) mass is 447 g/mol. The normalized spacial score (nSPS) is 12.8. The van der Waals surface area contributed by atoms with Crippen LogP contribution in [0.2, 0.25) is 0 Å². The van der Waals surface area contributed by atoms with Crippen molar-refractivity contribution in [1.29, 1.82) is 0 Å². The van der Waals surface area contributed by atoms with E-state index in [-0.39, 0.29) is 10.3 Å². The molecule has 2 N–H and O–H groups in total. The molecule has 0 saturated heterocycles. The number of imidazole rings is 1. The lowest BCUT2D eigenvalue weighted by Crippen LogP contribution is -2.18. The molecule has 0 spiro atoms. The number of benzene rings is 1. The summed E-state index contributed by atoms with van der Waals surface area (Å²) in [5, 5.41) is 0. The van der Waals surface area contributed by atoms with Crippen LogP contribution in [0, 0.1) is 12.8 Å². The van der Waals surface area contributed by atoms with Gasteiger partial charge in [-0.15, -0.1) is 11.3 Å². The van der Waals surface area contributed by atoms with E-state index in [1.165, 1.54) is 0 Å². The van der Waals surface area contributed by atoms with Crippen molar-refractivity contribution in [3.63, 3.8) is 0 Å². The van der Waals surface area contributed by atoms with Gasteiger partial charge in [-0.3, -0.25) is 0 Å². The summed E-state index contributed by atoms with van der Waals surface area (Å²) in [4.78, 5) is 16.3. The van der Waals surface area contributed by atoms with Crippen molar-refractivity contribution in [3.8, 4) is 11.1 Å². The van der Waals surface area contributed by atoms with Crippen LogP contribution in [0.1, 0.15) is 43.1 Å². The lowest BCUT2D eigenvalue weighted by Gasteiger charge is -2.16. The standard InChI is InChI=1S/C21H25N3O4S2/c1-13(2)11-18-12-19(20(29-18)30(26,27)28-21(22)25)17-7-5-16(6-8-17)14(3)24-10-9-23-15(24)4/h5-10,12-14H,11H2,1-4H3,(H2,22,25). The number of aromatic nitrogens is 2. The first-order valence-corrected chi connectivity index (χ1v) is 11.8. The van der Waals surface area contributed by atoms with Gasteiger partial charge in [-0.25, -0.2) is 9.78 Å². The molecule has 0 aliphatic carbocycles. The Morgan fingerprint density at radius 2 is 1.90 bits per heavy atom. The molecule has 1 atom stereocenters. The predicted octanol–water partition coefficient (Wildman–Crippen LogP) is 4.51. The zero-order valence-corrected chi connectivity index (χ0v) is 19.0. The minimum Gasteiger partial charge on any atom is -0.334 e. The number of amides is 1. The molecular weight excluding hydrogens is 422 g/mol. The van der Waals surface area contributed by atoms with E-state index >= 15 is 0 Å². The Morgan fingerprint density at radius 3 is 2.43 bits per heavy atom. The topological polar surface area (TPSA) is 104 Å². The maximum atomic E-state index is 12.6. The highest BCUT2D eigenvalue weighted by atomic mass is 32.3. The highest BCUT2D eigenvalue weighted by Gasteiger charge is 2.27. The fourth-order valence-corrected chi connectivity index (χ4v) is 6.05. The van der Waals surface area contributed by atoms with Gasteiger partial charge in [0.2, 0.25) is 0 Å². The lowest BCUT2D eigenvalue weighted by molar-refractivity contribution is 0.213. The number of primary amides is 1. The van der Waals surface area contributed by atoms with Gasteiger partial charge < -0.3 is 14.5 Å². The number of aryl methyl sites for hydroxylation is 1. The molecule has 1 unspecified atom stereocenters. The summed E-state index contributed by atoms with van der Waals surface area (Å²) in [7, 11) is -4.29. The zero-order valence-electron chi connectivity index (χ0n) is 17.3. The molecule has 0 bridgehead atoms. The maximum Gasteiger partial charge on any atom is 0.420 e. The van der Waals surface area contributed by atoms with E-state index in [0.717, 1.165) is 39.6 Å². The van der Waals surface area contributed by atoms with Gasteiger partial charge >= 0.3 is 16.2 Å². The summed E-state index contributed by atoms with van der Waals surface area (Å²) in [5.41, 5.74) is 7.26. The van der Waals surface area contributed by atoms with Crippen molar-refractivity contribution < 1.29 is 17.4 Å². The van der Waals surface area contributed by atoms with Gasteiger partial charge in [0, 0.05) is 22.8 Å². The number of thiophene rings is 1. The first kappa shape index (κ1) is 22.0. The van der Waals surface area contributed by atoms with E-state index in [2.05, 4.69) is 34.5 Å². The van der Waals surface area contributed by atoms with Crippen LogP contribution in [-0.2, 0) is 20.7 Å². The average molecular weight is 448 g/mol. The third-order valence-corrected chi connectivity index (χ3v) is 7.63. The van der Waals surface area contributed by atoms with E-state index in [0.29, 0.717) is 11.5 Å². The largest absolute Gasteiger partial charge is 0.420 e. The van der Waals surface area contributed by atoms with Crippen molar-refractivity contribution >= 4 is 27.5 Å². The van der Waals surface area contributed by atoms with Gasteiger partial charge in [-0.2, -0.15) is 8.42 Å². The Balaban J connectivity index is 2.01. The summed E-state index contributed by atoms with van der Waals surface area (Å²) in [6.45, 7) is 8.14. The van der Waals surface area contributed by atoms with Crippen LogP contribution in [0.15, 0.2) is 46.9 Å². The number of nitrogens with zero attached hydrogens (tertiary/aromatic N) is 2. The van der Waals surface area contributed by atoms with Crippen LogP contribution in [0.25, 0.3) is 11.1 Å². The fraction of sp³-hybridized carbons (Fsp3) is 0.333. The van der Waals surface area contributed by atoms with Crippen molar-refractivity contribution in [2.45, 2.75) is 44.4 Å². The van der Waals surface area contributed by atoms with Gasteiger partial charge in [-0.05, 0) is 43.4 Å². The lowest BCUT2D eigenvalue weighted by atomic mass is 10.0. The fourth-order valence-electron chi connectivity index (χ4n) is 3.36. The van der Waals surface area contributed by atoms with Gasteiger partial charge in [0.05, 0.1) is 6.04 Å². The first-order chi connectivity index (χ1) is 14.1. The molecule has 1 amide bonds. The van der Waals surface area contributed by atoms with Gasteiger partial charge in [0.1, 0.15) is 5.82 Å². The van der Waals surface area contributed by atoms with Crippen molar-refractivity contribution in [1.82, 2.24) is 9.55 Å². The van der Waals surface area contributed by atoms with E-state index in [1.54, 1.807) is 6.20 Å². The molecule has 0 radical (unpaired) electrons. The molecule has 3 rings (SSSR count). The second kappa shape index (κ2) is 8.61. The van der Waals surface area contributed by atoms with Crippen molar-refractivity contribution in [2.75, 3.05) is 0 Å². The molecule has 2 aromatic heterocycles. The van der Waals surface area contributed by atoms with Crippen LogP contribution >= 0.6 is 11.3 Å². The van der Waals surface area contributed by atoms with Crippen molar-refractivity contribution in [2.24, 2.45) is 11.7 Å². The average Bonchev–Trinajstić information content (AvgIpc) is 3.26. The van der Waals surface area contributed by atoms with E-state index in [9.17, 15) is 13.2 Å². The van der Waals surface area contributed by atoms with Gasteiger partial charge in [0.25, 0.3) is 0 Å². The number of nitrogens with two attached hydrogens (primary N) is 1. The number of carbonyl (C=O) groups is 1. The third-order valence-electron chi connectivity index (χ3n) is 4.76. The molecule has 1 aromatic carbocycles. The highest BCUT2D eigenvalue weighted by molar-refractivity contribution is 7.89. The molecule has 2 heterocycles. The van der Waals surface area contributed by atoms with E-state index in [4.69, 9.17) is 5.73 Å². The Bertz CT molecular complexity index is 1150. The minimum absolute atomic E-state index is 0.0109. The summed E-state index contributed by atoms with van der Waals surface area (Å²) in [6.07, 6.45) is 3.06. The molecular formula is C21H25N3O4S2. The molecule has 3 aromatic rings. The number of hydrogen-bond acceptors (Lipinski definition) is 6. The molecule has 0 fully saturated rings. The van der Waals surface area contributed by atoms with Crippen molar-refractivity contribution in [3.05, 3.63) is 59.0 Å². The zero-order chi connectivity index (χ0) is 22.1. The third kappa shape index (κ3) is 4.73. The first-order valence-electron chi connectivity index (χ1n) is 9.55. The summed E-state index contributed by atoms with van der Waals surface area (Å²) in [6, 6.07) is 9.61. The highest BCUT2D eigenvalue weighted by Crippen LogP contribution is 2.37. The molecule has 9 heteroatoms. The molecule has 30 heavy (non-hydrogen) atoms. The molecule has 160 valence electrons. The molecule has 0 aliphatic heterocycles. The predicted molar refractivity (Wildman–Crippen MR) is 117 cm³/mol. The second-order valence-corrected chi connectivity index (χ2v) is 10.4. The Labute approximate surface area is 180 Å². The van der Waals surface area contributed by atoms with Crippen LogP contribution in [0.4, 0.5) is 4.79 Å². The SMILES string of the molecule is Cc1nccn1C(C)c1ccc(-c2cc(CC(C)C)sc2S(=O)(=O)OC(N)=O)cc1. The smallest absolute Gasteiger partial charge is 0.334 e. The number of hydrogen-bond donors (Lipinski definition) is 1. The minimum atomic E-state index is -4.29. The molecule has 7 nitrogen and oxygen atoms in total. The quantitative estimate of drug-likeness (QED) is 0.537. The summed E-state index contributed by atoms with van der Waals surface area (Å²) >= 11 is 1.11. The Hall–Kier alpha value is -2.65. The van der Waals surface area contributed by atoms with Gasteiger partial charge in [0.15, 0.2) is 4.21 Å². The van der Waals surface area contributed by atoms with Crippen LogP contribution in [0.5, 0.6) is 0 Å². The Morgan fingerprint density at radius 1 is 1.23 bits per heavy atom. The summed E-state index contributed by atoms with van der Waals surface area (Å²) in [5.74, 6) is 1.27.